The number of ether oxygens (including phenoxy) is 1. The number of nitrogens with one attached hydrogen (secondary N) is 3. The molecule has 2 aromatic carbocycles. The Morgan fingerprint density at radius 3 is 2.50 bits per heavy atom. The molecule has 0 unspecified atom stereocenters. The zero-order valence-corrected chi connectivity index (χ0v) is 20.1. The Morgan fingerprint density at radius 1 is 1.06 bits per heavy atom. The van der Waals surface area contributed by atoms with E-state index in [0.717, 1.165) is 19.3 Å². The van der Waals surface area contributed by atoms with Gasteiger partial charge in [-0.15, -0.1) is 4.83 Å². The van der Waals surface area contributed by atoms with E-state index in [0.29, 0.717) is 42.7 Å². The highest BCUT2D eigenvalue weighted by Crippen LogP contribution is 2.26. The summed E-state index contributed by atoms with van der Waals surface area (Å²) in [6.07, 6.45) is 3.69. The molecule has 0 aromatic heterocycles. The van der Waals surface area contributed by atoms with Crippen LogP contribution in [0.3, 0.4) is 0 Å². The summed E-state index contributed by atoms with van der Waals surface area (Å²) in [5, 5.41) is 2.16. The number of sulfonamides is 1. The molecule has 2 amide bonds. The van der Waals surface area contributed by atoms with Crippen molar-refractivity contribution in [3.05, 3.63) is 58.9 Å². The molecule has 34 heavy (non-hydrogen) atoms. The van der Waals surface area contributed by atoms with Crippen molar-refractivity contribution >= 4 is 21.8 Å². The SMILES string of the molecule is COCCNC(=O)c1cccc(-c2cc(C)c(F)c(C(=O)NNS(=O)(=O)C3CCCCC3)c2)c1. The van der Waals surface area contributed by atoms with Gasteiger partial charge in [-0.05, 0) is 60.7 Å². The molecule has 1 aliphatic carbocycles. The molecule has 0 atom stereocenters. The number of halogens is 1. The van der Waals surface area contributed by atoms with Crippen LogP contribution in [0, 0.1) is 12.7 Å². The zero-order valence-electron chi connectivity index (χ0n) is 19.3. The number of benzene rings is 2. The molecule has 0 aliphatic heterocycles. The molecule has 1 aliphatic rings. The molecule has 0 saturated heterocycles. The van der Waals surface area contributed by atoms with Crippen LogP contribution in [0.1, 0.15) is 58.4 Å². The van der Waals surface area contributed by atoms with Gasteiger partial charge in [-0.1, -0.05) is 31.4 Å². The van der Waals surface area contributed by atoms with Crippen LogP contribution in [-0.2, 0) is 14.8 Å². The molecule has 2 aromatic rings. The molecule has 0 bridgehead atoms. The number of rotatable bonds is 9. The van der Waals surface area contributed by atoms with Crippen LogP contribution in [-0.4, -0.2) is 45.7 Å². The zero-order chi connectivity index (χ0) is 24.7. The Labute approximate surface area is 199 Å². The molecule has 0 radical (unpaired) electrons. The first-order chi connectivity index (χ1) is 16.2. The molecule has 1 saturated carbocycles. The van der Waals surface area contributed by atoms with Gasteiger partial charge >= 0.3 is 0 Å². The average Bonchev–Trinajstić information content (AvgIpc) is 2.85. The van der Waals surface area contributed by atoms with Crippen molar-refractivity contribution in [3.63, 3.8) is 0 Å². The first-order valence-electron chi connectivity index (χ1n) is 11.2. The van der Waals surface area contributed by atoms with E-state index in [2.05, 4.69) is 15.6 Å². The molecule has 0 heterocycles. The number of hydrogen-bond donors (Lipinski definition) is 3. The summed E-state index contributed by atoms with van der Waals surface area (Å²) in [4.78, 5) is 27.2. The summed E-state index contributed by atoms with van der Waals surface area (Å²) in [6, 6.07) is 9.64. The second-order valence-corrected chi connectivity index (χ2v) is 10.3. The summed E-state index contributed by atoms with van der Waals surface area (Å²) < 4.78 is 44.7. The number of carbonyl (C=O) groups excluding carboxylic acids is 2. The monoisotopic (exact) mass is 491 g/mol. The molecular weight excluding hydrogens is 461 g/mol. The second kappa shape index (κ2) is 11.5. The van der Waals surface area contributed by atoms with Crippen molar-refractivity contribution in [2.45, 2.75) is 44.3 Å². The van der Waals surface area contributed by atoms with E-state index in [-0.39, 0.29) is 17.0 Å². The third-order valence-electron chi connectivity index (χ3n) is 5.85. The smallest absolute Gasteiger partial charge is 0.269 e. The van der Waals surface area contributed by atoms with E-state index in [1.807, 2.05) is 0 Å². The van der Waals surface area contributed by atoms with Crippen molar-refractivity contribution in [1.82, 2.24) is 15.6 Å². The van der Waals surface area contributed by atoms with Gasteiger partial charge in [-0.25, -0.2) is 12.8 Å². The van der Waals surface area contributed by atoms with Crippen LogP contribution in [0.2, 0.25) is 0 Å². The van der Waals surface area contributed by atoms with Crippen LogP contribution in [0.25, 0.3) is 11.1 Å². The predicted molar refractivity (Wildman–Crippen MR) is 127 cm³/mol. The van der Waals surface area contributed by atoms with Gasteiger partial charge in [0.25, 0.3) is 11.8 Å². The lowest BCUT2D eigenvalue weighted by molar-refractivity contribution is 0.0931. The largest absolute Gasteiger partial charge is 0.383 e. The molecular formula is C24H30FN3O5S. The summed E-state index contributed by atoms with van der Waals surface area (Å²) in [6.45, 7) is 2.25. The van der Waals surface area contributed by atoms with Crippen LogP contribution in [0.15, 0.2) is 36.4 Å². The highest BCUT2D eigenvalue weighted by atomic mass is 32.2. The Kier molecular flexibility index (Phi) is 8.76. The molecule has 3 N–H and O–H groups in total. The molecule has 0 spiro atoms. The first kappa shape index (κ1) is 25.8. The summed E-state index contributed by atoms with van der Waals surface area (Å²) in [7, 11) is -2.21. The van der Waals surface area contributed by atoms with Gasteiger partial charge < -0.3 is 10.1 Å². The van der Waals surface area contributed by atoms with Gasteiger partial charge in [-0.3, -0.25) is 15.0 Å². The standard InChI is InChI=1S/C24H30FN3O5S/c1-16-13-19(17-7-6-8-18(14-17)23(29)26-11-12-33-2)15-21(22(16)25)24(30)27-28-34(31,32)20-9-4-3-5-10-20/h6-8,13-15,20,28H,3-5,9-12H2,1-2H3,(H,26,29)(H,27,30). The van der Waals surface area contributed by atoms with Crippen molar-refractivity contribution in [3.8, 4) is 11.1 Å². The topological polar surface area (TPSA) is 114 Å². The average molecular weight is 492 g/mol. The molecule has 3 rings (SSSR count). The van der Waals surface area contributed by atoms with Crippen molar-refractivity contribution in [1.29, 1.82) is 0 Å². The lowest BCUT2D eigenvalue weighted by Crippen LogP contribution is -2.46. The van der Waals surface area contributed by atoms with E-state index < -0.39 is 27.0 Å². The van der Waals surface area contributed by atoms with Crippen LogP contribution in [0.5, 0.6) is 0 Å². The van der Waals surface area contributed by atoms with Crippen molar-refractivity contribution < 1.29 is 27.1 Å². The lowest BCUT2D eigenvalue weighted by Gasteiger charge is -2.22. The predicted octanol–water partition coefficient (Wildman–Crippen LogP) is 3.07. The Morgan fingerprint density at radius 2 is 1.79 bits per heavy atom. The maximum Gasteiger partial charge on any atom is 0.269 e. The second-order valence-electron chi connectivity index (χ2n) is 8.35. The normalized spacial score (nSPS) is 14.6. The third kappa shape index (κ3) is 6.40. The van der Waals surface area contributed by atoms with Gasteiger partial charge in [-0.2, -0.15) is 0 Å². The lowest BCUT2D eigenvalue weighted by atomic mass is 9.97. The minimum absolute atomic E-state index is 0.215. The van der Waals surface area contributed by atoms with Gasteiger partial charge in [0.05, 0.1) is 17.4 Å². The van der Waals surface area contributed by atoms with E-state index >= 15 is 0 Å². The van der Waals surface area contributed by atoms with Crippen molar-refractivity contribution in [2.75, 3.05) is 20.3 Å². The summed E-state index contributed by atoms with van der Waals surface area (Å²) in [5.74, 6) is -1.92. The van der Waals surface area contributed by atoms with Crippen LogP contribution < -0.4 is 15.6 Å². The maximum atomic E-state index is 14.8. The number of hydrogen-bond acceptors (Lipinski definition) is 5. The number of hydrazine groups is 1. The Hall–Kier alpha value is -2.82. The fraction of sp³-hybridized carbons (Fsp3) is 0.417. The van der Waals surface area contributed by atoms with Gasteiger partial charge in [0, 0.05) is 19.2 Å². The highest BCUT2D eigenvalue weighted by molar-refractivity contribution is 7.90. The molecule has 10 heteroatoms. The summed E-state index contributed by atoms with van der Waals surface area (Å²) >= 11 is 0. The quantitative estimate of drug-likeness (QED) is 0.369. The molecule has 184 valence electrons. The van der Waals surface area contributed by atoms with Crippen LogP contribution in [0.4, 0.5) is 4.39 Å². The highest BCUT2D eigenvalue weighted by Gasteiger charge is 2.28. The minimum Gasteiger partial charge on any atom is -0.383 e. The van der Waals surface area contributed by atoms with Crippen molar-refractivity contribution in [2.24, 2.45) is 0 Å². The fourth-order valence-corrected chi connectivity index (χ4v) is 5.31. The Balaban J connectivity index is 1.79. The Bertz CT molecular complexity index is 1150. The third-order valence-corrected chi connectivity index (χ3v) is 7.58. The van der Waals surface area contributed by atoms with Crippen LogP contribution >= 0.6 is 0 Å². The molecule has 8 nitrogen and oxygen atoms in total. The number of methoxy groups -OCH3 is 1. The van der Waals surface area contributed by atoms with E-state index in [4.69, 9.17) is 4.74 Å². The minimum atomic E-state index is -3.75. The van der Waals surface area contributed by atoms with E-state index in [1.165, 1.54) is 20.1 Å². The van der Waals surface area contributed by atoms with E-state index in [9.17, 15) is 22.4 Å². The maximum absolute atomic E-state index is 14.8. The number of amides is 2. The fourth-order valence-electron chi connectivity index (χ4n) is 3.95. The number of carbonyl (C=O) groups is 2. The first-order valence-corrected chi connectivity index (χ1v) is 12.8. The number of aryl methyl sites for hydroxylation is 1. The van der Waals surface area contributed by atoms with Gasteiger partial charge in [0.1, 0.15) is 5.82 Å². The van der Waals surface area contributed by atoms with E-state index in [1.54, 1.807) is 30.3 Å². The van der Waals surface area contributed by atoms with Gasteiger partial charge in [0.2, 0.25) is 10.0 Å². The van der Waals surface area contributed by atoms with Gasteiger partial charge in [0.15, 0.2) is 0 Å². The summed E-state index contributed by atoms with van der Waals surface area (Å²) in [5.41, 5.74) is 3.60. The molecule has 1 fully saturated rings.